The van der Waals surface area contributed by atoms with Crippen LogP contribution in [0, 0.1) is 0 Å². The zero-order valence-electron chi connectivity index (χ0n) is 32.9. The Morgan fingerprint density at radius 2 is 1.05 bits per heavy atom. The average molecular weight is 815 g/mol. The van der Waals surface area contributed by atoms with Crippen LogP contribution in [0.5, 0.6) is 0 Å². The molecule has 0 saturated carbocycles. The van der Waals surface area contributed by atoms with E-state index < -0.39 is 13.3 Å². The van der Waals surface area contributed by atoms with E-state index in [2.05, 4.69) is 219 Å². The molecule has 0 radical (unpaired) electrons. The second-order valence-electron chi connectivity index (χ2n) is 16.4. The van der Waals surface area contributed by atoms with E-state index >= 15 is 0 Å². The molecule has 0 saturated heterocycles. The molecule has 8 aromatic carbocycles. The van der Waals surface area contributed by atoms with Crippen molar-refractivity contribution in [3.8, 4) is 50.6 Å². The number of rotatable bonds is 5. The van der Waals surface area contributed by atoms with Crippen LogP contribution in [-0.2, 0) is 5.41 Å². The molecule has 0 amide bonds. The normalized spacial score (nSPS) is 14.2. The Balaban J connectivity index is 1.19. The van der Waals surface area contributed by atoms with Gasteiger partial charge in [-0.1, -0.05) is 6.07 Å². The molecule has 1 aliphatic carbocycles. The van der Waals surface area contributed by atoms with Gasteiger partial charge >= 0.3 is 342 Å². The van der Waals surface area contributed by atoms with Crippen LogP contribution in [-0.4, -0.2) is 27.8 Å². The summed E-state index contributed by atoms with van der Waals surface area (Å²) in [6, 6.07) is 73.5. The van der Waals surface area contributed by atoms with Gasteiger partial charge in [0.1, 0.15) is 0 Å². The zero-order valence-corrected chi connectivity index (χ0v) is 35.0. The predicted molar refractivity (Wildman–Crippen MR) is 247 cm³/mol. The van der Waals surface area contributed by atoms with E-state index in [1.807, 2.05) is 0 Å². The van der Waals surface area contributed by atoms with Crippen LogP contribution in [0.3, 0.4) is 0 Å². The fourth-order valence-corrected chi connectivity index (χ4v) is 21.1. The van der Waals surface area contributed by atoms with Gasteiger partial charge in [-0.05, 0) is 0 Å². The molecule has 1 aliphatic heterocycles. The Hall–Kier alpha value is -6.82. The molecule has 3 nitrogen and oxygen atoms in total. The molecule has 278 valence electrons. The number of hydrogen-bond donors (Lipinski definition) is 0. The first-order valence-corrected chi connectivity index (χ1v) is 24.7. The number of hydrogen-bond acceptors (Lipinski definition) is 2. The Kier molecular flexibility index (Phi) is 7.45. The van der Waals surface area contributed by atoms with Gasteiger partial charge in [-0.25, -0.2) is 0 Å². The van der Waals surface area contributed by atoms with Crippen LogP contribution in [0.1, 0.15) is 25.0 Å². The first-order valence-electron chi connectivity index (χ1n) is 20.5. The minimum atomic E-state index is -3.73. The van der Waals surface area contributed by atoms with E-state index in [4.69, 9.17) is 9.97 Å². The second kappa shape index (κ2) is 12.8. The first-order chi connectivity index (χ1) is 29.1. The van der Waals surface area contributed by atoms with Crippen LogP contribution in [0.25, 0.3) is 72.4 Å². The molecule has 0 N–H and O–H groups in total. The van der Waals surface area contributed by atoms with Gasteiger partial charge in [-0.3, -0.25) is 0 Å². The summed E-state index contributed by atoms with van der Waals surface area (Å²) in [5.41, 5.74) is 14.2. The van der Waals surface area contributed by atoms with Gasteiger partial charge in [-0.15, -0.1) is 0 Å². The zero-order chi connectivity index (χ0) is 39.3. The van der Waals surface area contributed by atoms with Gasteiger partial charge in [0.2, 0.25) is 0 Å². The van der Waals surface area contributed by atoms with E-state index in [9.17, 15) is 0 Å². The van der Waals surface area contributed by atoms with E-state index in [1.54, 1.807) is 0 Å². The molecular weight excluding hydrogens is 775 g/mol. The van der Waals surface area contributed by atoms with Crippen molar-refractivity contribution in [2.75, 3.05) is 0 Å². The van der Waals surface area contributed by atoms with Gasteiger partial charge < -0.3 is 0 Å². The topological polar surface area (TPSA) is 30.7 Å². The number of para-hydroxylation sites is 2. The summed E-state index contributed by atoms with van der Waals surface area (Å²) in [4.78, 5) is 11.6. The number of aromatic nitrogens is 3. The molecule has 2 aliphatic rings. The molecule has 0 spiro atoms. The molecule has 0 fully saturated rings. The van der Waals surface area contributed by atoms with Crippen LogP contribution in [0.15, 0.2) is 200 Å². The summed E-state index contributed by atoms with van der Waals surface area (Å²) in [5, 5.41) is 2.54. The molecule has 12 rings (SSSR count). The van der Waals surface area contributed by atoms with E-state index in [1.165, 1.54) is 67.3 Å². The van der Waals surface area contributed by atoms with E-state index in [0.29, 0.717) is 0 Å². The van der Waals surface area contributed by atoms with Gasteiger partial charge in [0.25, 0.3) is 0 Å². The molecule has 4 heteroatoms. The SMILES string of the molecule is CC1(C)c2ccccc2-c2c1ccc1c2c2ccccc2n1-c1ccccc1-c1nc(-c2ccccc2)c2[c](n1)[Ge]([c]1ccccc1)([c]1ccccc1)[c]1ccccc1-2. The van der Waals surface area contributed by atoms with Crippen molar-refractivity contribution >= 4 is 52.8 Å². The molecule has 3 heterocycles. The Bertz CT molecular complexity index is 3250. The van der Waals surface area contributed by atoms with E-state index in [-0.39, 0.29) is 5.41 Å². The van der Waals surface area contributed by atoms with Crippen molar-refractivity contribution < 1.29 is 0 Å². The van der Waals surface area contributed by atoms with Gasteiger partial charge in [0.05, 0.1) is 0 Å². The monoisotopic (exact) mass is 815 g/mol. The third-order valence-corrected chi connectivity index (χ3v) is 23.0. The van der Waals surface area contributed by atoms with Crippen LogP contribution < -0.4 is 17.7 Å². The molecule has 10 aromatic rings. The van der Waals surface area contributed by atoms with E-state index in [0.717, 1.165) is 33.9 Å². The standard InChI is InChI=1S/C55H39GeN3/c1-55(2)43-30-16-12-26-39(43)49-44(55)34-35-48-50(49)41-28-14-18-32-46(41)59(48)47-33-19-15-29-42(47)54-57-52(36-20-6-3-7-21-36)51-40-27-13-17-31-45(40)56(53(51)58-54,37-22-8-4-9-23-37)38-24-10-5-11-25-38/h3-35H,1-2H3. The summed E-state index contributed by atoms with van der Waals surface area (Å²) in [6.07, 6.45) is 0. The molecule has 0 unspecified atom stereocenters. The van der Waals surface area contributed by atoms with Crippen molar-refractivity contribution in [1.82, 2.24) is 14.5 Å². The van der Waals surface area contributed by atoms with Crippen molar-refractivity contribution in [3.63, 3.8) is 0 Å². The third-order valence-electron chi connectivity index (χ3n) is 13.1. The summed E-state index contributed by atoms with van der Waals surface area (Å²) in [7, 11) is 0. The van der Waals surface area contributed by atoms with Crippen molar-refractivity contribution in [1.29, 1.82) is 0 Å². The number of nitrogens with zero attached hydrogens (tertiary/aromatic N) is 3. The summed E-state index contributed by atoms with van der Waals surface area (Å²) >= 11 is -3.73. The summed E-state index contributed by atoms with van der Waals surface area (Å²) in [5.74, 6) is 0.742. The number of fused-ring (bicyclic) bond motifs is 10. The van der Waals surface area contributed by atoms with Crippen LogP contribution in [0.2, 0.25) is 0 Å². The first kappa shape index (κ1) is 34.2. The Morgan fingerprint density at radius 1 is 0.458 bits per heavy atom. The van der Waals surface area contributed by atoms with Crippen molar-refractivity contribution in [2.45, 2.75) is 19.3 Å². The van der Waals surface area contributed by atoms with Gasteiger partial charge in [0, 0.05) is 0 Å². The summed E-state index contributed by atoms with van der Waals surface area (Å²) in [6.45, 7) is 4.72. The minimum absolute atomic E-state index is 0.0971. The molecule has 0 bridgehead atoms. The van der Waals surface area contributed by atoms with Crippen LogP contribution >= 0.6 is 0 Å². The second-order valence-corrected chi connectivity index (χ2v) is 24.1. The van der Waals surface area contributed by atoms with Gasteiger partial charge in [0.15, 0.2) is 0 Å². The quantitative estimate of drug-likeness (QED) is 0.162. The Morgan fingerprint density at radius 3 is 1.80 bits per heavy atom. The molecule has 0 atom stereocenters. The maximum atomic E-state index is 5.93. The van der Waals surface area contributed by atoms with Crippen molar-refractivity contribution in [2.24, 2.45) is 0 Å². The maximum absolute atomic E-state index is 5.93. The van der Waals surface area contributed by atoms with Gasteiger partial charge in [-0.2, -0.15) is 0 Å². The third kappa shape index (κ3) is 4.71. The number of benzene rings is 8. The molecular formula is C55H39GeN3. The Labute approximate surface area is 346 Å². The van der Waals surface area contributed by atoms with Crippen molar-refractivity contribution in [3.05, 3.63) is 211 Å². The fourth-order valence-electron chi connectivity index (χ4n) is 10.6. The fraction of sp³-hybridized carbons (Fsp3) is 0.0545. The summed E-state index contributed by atoms with van der Waals surface area (Å²) < 4.78 is 7.77. The predicted octanol–water partition coefficient (Wildman–Crippen LogP) is 10.6. The molecule has 2 aromatic heterocycles. The van der Waals surface area contributed by atoms with Crippen LogP contribution in [0.4, 0.5) is 0 Å². The average Bonchev–Trinajstić information content (AvgIpc) is 3.88. The molecule has 59 heavy (non-hydrogen) atoms.